The summed E-state index contributed by atoms with van der Waals surface area (Å²) in [5.74, 6) is 0.764. The molecule has 0 aromatic rings. The van der Waals surface area contributed by atoms with Gasteiger partial charge in [0.05, 0.1) is 16.8 Å². The number of hydrogen-bond acceptors (Lipinski definition) is 3. The van der Waals surface area contributed by atoms with Crippen molar-refractivity contribution in [2.75, 3.05) is 6.61 Å². The minimum Gasteiger partial charge on any atom is -0.376 e. The first-order chi connectivity index (χ1) is 14.9. The van der Waals surface area contributed by atoms with Crippen LogP contribution in [0.15, 0.2) is 0 Å². The molecule has 3 nitrogen and oxygen atoms in total. The topological polar surface area (TPSA) is 27.7 Å². The molecule has 0 saturated carbocycles. The summed E-state index contributed by atoms with van der Waals surface area (Å²) in [5, 5.41) is 0. The van der Waals surface area contributed by atoms with E-state index in [1.807, 2.05) is 55.4 Å². The Balaban J connectivity index is -0.000000190. The molecule has 0 aliphatic heterocycles. The lowest BCUT2D eigenvalue weighted by molar-refractivity contribution is -0.224. The largest absolute Gasteiger partial charge is 0.376 e. The van der Waals surface area contributed by atoms with Gasteiger partial charge in [0, 0.05) is 6.61 Å². The first-order valence-corrected chi connectivity index (χ1v) is 13.9. The van der Waals surface area contributed by atoms with Crippen LogP contribution in [0.5, 0.6) is 0 Å². The van der Waals surface area contributed by atoms with E-state index in [1.165, 1.54) is 6.42 Å². The highest BCUT2D eigenvalue weighted by Gasteiger charge is 2.30. The van der Waals surface area contributed by atoms with E-state index >= 15 is 0 Å². The molecule has 0 aromatic heterocycles. The zero-order chi connectivity index (χ0) is 29.7. The first kappa shape index (κ1) is 42.0. The summed E-state index contributed by atoms with van der Waals surface area (Å²) in [7, 11) is 0. The molecule has 0 unspecified atom stereocenters. The normalized spacial score (nSPS) is 13.4. The van der Waals surface area contributed by atoms with E-state index in [-0.39, 0.29) is 23.1 Å². The lowest BCUT2D eigenvalue weighted by Crippen LogP contribution is -2.33. The highest BCUT2D eigenvalue weighted by atomic mass is 16.7. The van der Waals surface area contributed by atoms with Crippen LogP contribution in [-0.4, -0.2) is 29.7 Å². The molecule has 218 valence electrons. The maximum atomic E-state index is 5.59. The smallest absolute Gasteiger partial charge is 0.156 e. The van der Waals surface area contributed by atoms with Gasteiger partial charge in [-0.25, -0.2) is 0 Å². The minimum absolute atomic E-state index is 0.0503. The second-order valence-corrected chi connectivity index (χ2v) is 15.9. The van der Waals surface area contributed by atoms with Crippen molar-refractivity contribution in [3.63, 3.8) is 0 Å². The maximum absolute atomic E-state index is 5.59. The summed E-state index contributed by atoms with van der Waals surface area (Å²) in [4.78, 5) is 0. The molecule has 35 heavy (non-hydrogen) atoms. The molecule has 0 aromatic carbocycles. The van der Waals surface area contributed by atoms with E-state index in [1.54, 1.807) is 0 Å². The molecule has 0 saturated heterocycles. The lowest BCUT2D eigenvalue weighted by atomic mass is 9.68. The van der Waals surface area contributed by atoms with Crippen molar-refractivity contribution in [1.82, 2.24) is 0 Å². The predicted molar refractivity (Wildman–Crippen MR) is 160 cm³/mol. The molecule has 0 amide bonds. The van der Waals surface area contributed by atoms with Crippen LogP contribution >= 0.6 is 0 Å². The van der Waals surface area contributed by atoms with Crippen LogP contribution in [0.25, 0.3) is 0 Å². The first-order valence-electron chi connectivity index (χ1n) is 13.9. The molecule has 0 aliphatic carbocycles. The van der Waals surface area contributed by atoms with Crippen LogP contribution in [0.3, 0.4) is 0 Å². The fourth-order valence-electron chi connectivity index (χ4n) is 2.75. The fourth-order valence-corrected chi connectivity index (χ4v) is 2.75. The summed E-state index contributed by atoms with van der Waals surface area (Å²) in [6.07, 6.45) is 1.12. The van der Waals surface area contributed by atoms with E-state index in [2.05, 4.69) is 96.9 Å². The summed E-state index contributed by atoms with van der Waals surface area (Å²) in [6.45, 7) is 48.2. The Bertz CT molecular complexity index is 450. The lowest BCUT2D eigenvalue weighted by Gasteiger charge is -2.38. The summed E-state index contributed by atoms with van der Waals surface area (Å²) in [6, 6.07) is 0. The summed E-state index contributed by atoms with van der Waals surface area (Å²) < 4.78 is 16.4. The van der Waals surface area contributed by atoms with Crippen molar-refractivity contribution in [3.8, 4) is 0 Å². The van der Waals surface area contributed by atoms with Crippen molar-refractivity contribution in [2.24, 2.45) is 22.2 Å². The Hall–Kier alpha value is -0.120. The summed E-state index contributed by atoms with van der Waals surface area (Å²) in [5.41, 5.74) is 1.21. The third-order valence-electron chi connectivity index (χ3n) is 5.28. The second kappa shape index (κ2) is 16.7. The van der Waals surface area contributed by atoms with E-state index < -0.39 is 0 Å². The Morgan fingerprint density at radius 3 is 0.800 bits per heavy atom. The van der Waals surface area contributed by atoms with Gasteiger partial charge in [-0.2, -0.15) is 0 Å². The van der Waals surface area contributed by atoms with Gasteiger partial charge in [-0.1, -0.05) is 82.6 Å². The summed E-state index contributed by atoms with van der Waals surface area (Å²) >= 11 is 0. The molecular weight excluding hydrogens is 432 g/mol. The average molecular weight is 505 g/mol. The molecule has 0 spiro atoms. The molecule has 0 aliphatic rings. The molecule has 0 atom stereocenters. The zero-order valence-corrected chi connectivity index (χ0v) is 28.8. The zero-order valence-electron chi connectivity index (χ0n) is 28.8. The van der Waals surface area contributed by atoms with Gasteiger partial charge in [0.1, 0.15) is 0 Å². The van der Waals surface area contributed by atoms with Gasteiger partial charge in [0.25, 0.3) is 0 Å². The molecule has 0 rings (SSSR count). The number of rotatable bonds is 3. The molecular formula is C32H72O3. The highest BCUT2D eigenvalue weighted by Crippen LogP contribution is 2.38. The standard InChI is InChI=1S/C10H22O2.C10H22.C6H14O.C6H14/c1-8(11-9(2,3)4)12-10(5,6)7;1-8(9(2,3)4)10(5,6)7;1-5-7-6(2,3)4;1-5-6(2,3)4/h8H,1-7H3;8H,1-7H3;5H2,1-4H3;5H2,1-4H3. The molecule has 0 bridgehead atoms. The van der Waals surface area contributed by atoms with E-state index in [4.69, 9.17) is 14.2 Å². The maximum Gasteiger partial charge on any atom is 0.156 e. The van der Waals surface area contributed by atoms with Crippen LogP contribution in [0.2, 0.25) is 0 Å². The third-order valence-corrected chi connectivity index (χ3v) is 5.28. The third kappa shape index (κ3) is 41.3. The SMILES string of the molecule is CC(C(C)(C)C)C(C)(C)C.CC(OC(C)(C)C)OC(C)(C)C.CCC(C)(C)C.CCOC(C)(C)C. The molecule has 0 radical (unpaired) electrons. The monoisotopic (exact) mass is 505 g/mol. The Morgan fingerprint density at radius 2 is 0.743 bits per heavy atom. The van der Waals surface area contributed by atoms with Crippen molar-refractivity contribution in [3.05, 3.63) is 0 Å². The molecule has 0 heterocycles. The Labute approximate surface area is 224 Å². The predicted octanol–water partition coefficient (Wildman–Crippen LogP) is 10.9. The molecule has 0 N–H and O–H groups in total. The van der Waals surface area contributed by atoms with Crippen molar-refractivity contribution in [2.45, 2.75) is 182 Å². The van der Waals surface area contributed by atoms with Crippen molar-refractivity contribution >= 4 is 0 Å². The number of hydrogen-bond donors (Lipinski definition) is 0. The van der Waals surface area contributed by atoms with Gasteiger partial charge < -0.3 is 14.2 Å². The quantitative estimate of drug-likeness (QED) is 0.358. The average Bonchev–Trinajstić information content (AvgIpc) is 2.48. The van der Waals surface area contributed by atoms with Crippen LogP contribution in [-0.2, 0) is 14.2 Å². The van der Waals surface area contributed by atoms with Crippen LogP contribution in [0, 0.1) is 22.2 Å². The Morgan fingerprint density at radius 1 is 0.486 bits per heavy atom. The van der Waals surface area contributed by atoms with Gasteiger partial charge in [0.15, 0.2) is 6.29 Å². The Kier molecular flexibility index (Phi) is 20.0. The van der Waals surface area contributed by atoms with E-state index in [0.717, 1.165) is 12.5 Å². The number of ether oxygens (including phenoxy) is 3. The van der Waals surface area contributed by atoms with Gasteiger partial charge in [-0.3, -0.25) is 0 Å². The van der Waals surface area contributed by atoms with E-state index in [9.17, 15) is 0 Å². The highest BCUT2D eigenvalue weighted by molar-refractivity contribution is 4.79. The van der Waals surface area contributed by atoms with Gasteiger partial charge in [0.2, 0.25) is 0 Å². The van der Waals surface area contributed by atoms with Gasteiger partial charge >= 0.3 is 0 Å². The fraction of sp³-hybridized carbons (Fsp3) is 1.00. The van der Waals surface area contributed by atoms with Crippen LogP contribution in [0.1, 0.15) is 159 Å². The van der Waals surface area contributed by atoms with Crippen LogP contribution < -0.4 is 0 Å². The van der Waals surface area contributed by atoms with Crippen molar-refractivity contribution in [1.29, 1.82) is 0 Å². The second-order valence-electron chi connectivity index (χ2n) is 15.9. The molecule has 3 heteroatoms. The van der Waals surface area contributed by atoms with E-state index in [0.29, 0.717) is 16.2 Å². The van der Waals surface area contributed by atoms with Gasteiger partial charge in [-0.15, -0.1) is 0 Å². The van der Waals surface area contributed by atoms with Crippen molar-refractivity contribution < 1.29 is 14.2 Å². The van der Waals surface area contributed by atoms with Crippen LogP contribution in [0.4, 0.5) is 0 Å². The molecule has 0 fully saturated rings. The minimum atomic E-state index is -0.148. The van der Waals surface area contributed by atoms with Gasteiger partial charge in [-0.05, 0) is 98.3 Å².